The first-order valence-corrected chi connectivity index (χ1v) is 8.82. The SMILES string of the molecule is OC1[C@H](O)CN(CC2(F)CCN(c3cccc(C(F)(F)F)n3)CC2)C[C@@H]1O. The molecular formula is C17H23F4N3O3. The van der Waals surface area contributed by atoms with Crippen molar-refractivity contribution in [2.45, 2.75) is 43.0 Å². The number of halogens is 4. The molecular weight excluding hydrogens is 370 g/mol. The molecule has 0 radical (unpaired) electrons. The number of anilines is 1. The number of aromatic nitrogens is 1. The van der Waals surface area contributed by atoms with Crippen molar-refractivity contribution in [1.82, 2.24) is 9.88 Å². The van der Waals surface area contributed by atoms with Gasteiger partial charge in [-0.05, 0) is 12.1 Å². The van der Waals surface area contributed by atoms with E-state index >= 15 is 4.39 Å². The van der Waals surface area contributed by atoms with Crippen molar-refractivity contribution in [2.75, 3.05) is 37.6 Å². The maximum atomic E-state index is 15.2. The fourth-order valence-electron chi connectivity index (χ4n) is 3.66. The van der Waals surface area contributed by atoms with Crippen LogP contribution < -0.4 is 4.90 Å². The average Bonchev–Trinajstić information content (AvgIpc) is 2.59. The zero-order valence-electron chi connectivity index (χ0n) is 14.6. The number of hydrogen-bond acceptors (Lipinski definition) is 6. The summed E-state index contributed by atoms with van der Waals surface area (Å²) in [6.07, 6.45) is -7.88. The lowest BCUT2D eigenvalue weighted by molar-refractivity contribution is -0.141. The predicted molar refractivity (Wildman–Crippen MR) is 89.0 cm³/mol. The molecule has 0 saturated carbocycles. The number of hydrogen-bond donors (Lipinski definition) is 3. The van der Waals surface area contributed by atoms with E-state index in [1.54, 1.807) is 9.80 Å². The molecule has 0 bridgehead atoms. The minimum atomic E-state index is -4.53. The number of aliphatic hydroxyl groups excluding tert-OH is 3. The Morgan fingerprint density at radius 3 is 2.22 bits per heavy atom. The molecule has 3 N–H and O–H groups in total. The molecule has 2 fully saturated rings. The molecule has 1 unspecified atom stereocenters. The highest BCUT2D eigenvalue weighted by Gasteiger charge is 2.41. The third-order valence-corrected chi connectivity index (χ3v) is 5.19. The third-order valence-electron chi connectivity index (χ3n) is 5.19. The van der Waals surface area contributed by atoms with Crippen molar-refractivity contribution in [3.63, 3.8) is 0 Å². The molecule has 0 aromatic carbocycles. The minimum Gasteiger partial charge on any atom is -0.389 e. The van der Waals surface area contributed by atoms with Gasteiger partial charge in [-0.3, -0.25) is 4.90 Å². The van der Waals surface area contributed by atoms with Gasteiger partial charge >= 0.3 is 6.18 Å². The number of aliphatic hydroxyl groups is 3. The van der Waals surface area contributed by atoms with Gasteiger partial charge in [0.2, 0.25) is 0 Å². The van der Waals surface area contributed by atoms with Crippen LogP contribution in [-0.4, -0.2) is 81.9 Å². The molecule has 2 saturated heterocycles. The Kier molecular flexibility index (Phi) is 5.62. The number of rotatable bonds is 3. The van der Waals surface area contributed by atoms with Crippen LogP contribution in [-0.2, 0) is 6.18 Å². The van der Waals surface area contributed by atoms with E-state index in [0.717, 1.165) is 6.07 Å². The predicted octanol–water partition coefficient (Wildman–Crippen LogP) is 0.807. The molecule has 0 aliphatic carbocycles. The Morgan fingerprint density at radius 1 is 1.07 bits per heavy atom. The second kappa shape index (κ2) is 7.50. The summed E-state index contributed by atoms with van der Waals surface area (Å²) in [6, 6.07) is 3.65. The monoisotopic (exact) mass is 393 g/mol. The fraction of sp³-hybridized carbons (Fsp3) is 0.706. The Labute approximate surface area is 154 Å². The molecule has 152 valence electrons. The lowest BCUT2D eigenvalue weighted by atomic mass is 9.91. The molecule has 3 heterocycles. The van der Waals surface area contributed by atoms with E-state index in [0.29, 0.717) is 0 Å². The summed E-state index contributed by atoms with van der Waals surface area (Å²) < 4.78 is 53.6. The highest BCUT2D eigenvalue weighted by molar-refractivity contribution is 5.40. The second-order valence-electron chi connectivity index (χ2n) is 7.34. The number of likely N-dealkylation sites (tertiary alicyclic amines) is 1. The van der Waals surface area contributed by atoms with Crippen LogP contribution in [0.25, 0.3) is 0 Å². The zero-order chi connectivity index (χ0) is 19.8. The van der Waals surface area contributed by atoms with E-state index in [-0.39, 0.29) is 51.4 Å². The summed E-state index contributed by atoms with van der Waals surface area (Å²) in [5.74, 6) is 0.166. The molecule has 3 rings (SSSR count). The summed E-state index contributed by atoms with van der Waals surface area (Å²) in [5.41, 5.74) is -2.56. The molecule has 2 aliphatic rings. The summed E-state index contributed by atoms with van der Waals surface area (Å²) in [4.78, 5) is 6.82. The van der Waals surface area contributed by atoms with Crippen LogP contribution in [0.1, 0.15) is 18.5 Å². The van der Waals surface area contributed by atoms with Crippen molar-refractivity contribution in [3.05, 3.63) is 23.9 Å². The fourth-order valence-corrected chi connectivity index (χ4v) is 3.66. The lowest BCUT2D eigenvalue weighted by Crippen LogP contribution is -2.58. The smallest absolute Gasteiger partial charge is 0.389 e. The standard InChI is InChI=1S/C17H23F4N3O3/c18-16(10-23-8-11(25)15(27)12(26)9-23)4-6-24(7-5-16)14-3-1-2-13(22-14)17(19,20)21/h1-3,11-12,15,25-27H,4-10H2/t11-,12+,15?. The molecule has 0 spiro atoms. The first-order valence-electron chi connectivity index (χ1n) is 8.82. The molecule has 6 nitrogen and oxygen atoms in total. The van der Waals surface area contributed by atoms with Crippen molar-refractivity contribution in [2.24, 2.45) is 0 Å². The van der Waals surface area contributed by atoms with Gasteiger partial charge in [-0.25, -0.2) is 9.37 Å². The van der Waals surface area contributed by atoms with E-state index in [9.17, 15) is 28.5 Å². The Bertz CT molecular complexity index is 641. The van der Waals surface area contributed by atoms with E-state index in [1.165, 1.54) is 12.1 Å². The van der Waals surface area contributed by atoms with Crippen molar-refractivity contribution in [1.29, 1.82) is 0 Å². The Hall–Kier alpha value is -1.49. The molecule has 10 heteroatoms. The van der Waals surface area contributed by atoms with Gasteiger partial charge in [0.15, 0.2) is 0 Å². The Morgan fingerprint density at radius 2 is 1.67 bits per heavy atom. The van der Waals surface area contributed by atoms with Crippen molar-refractivity contribution < 1.29 is 32.9 Å². The van der Waals surface area contributed by atoms with Crippen LogP contribution in [0.3, 0.4) is 0 Å². The summed E-state index contributed by atoms with van der Waals surface area (Å²) in [6.45, 7) is 0.530. The number of β-amino-alcohol motifs (C(OH)–C–C–N with tert-alkyl or cyclic N) is 2. The van der Waals surface area contributed by atoms with Gasteiger partial charge in [-0.1, -0.05) is 6.07 Å². The first-order chi connectivity index (χ1) is 12.6. The van der Waals surface area contributed by atoms with Gasteiger partial charge in [0.1, 0.15) is 23.3 Å². The van der Waals surface area contributed by atoms with Gasteiger partial charge in [0.05, 0.1) is 12.2 Å². The van der Waals surface area contributed by atoms with Crippen LogP contribution in [0.4, 0.5) is 23.4 Å². The van der Waals surface area contributed by atoms with Crippen LogP contribution in [0.5, 0.6) is 0 Å². The first kappa shape index (κ1) is 20.2. The van der Waals surface area contributed by atoms with Crippen LogP contribution >= 0.6 is 0 Å². The van der Waals surface area contributed by atoms with Gasteiger partial charge < -0.3 is 20.2 Å². The molecule has 27 heavy (non-hydrogen) atoms. The average molecular weight is 393 g/mol. The summed E-state index contributed by atoms with van der Waals surface area (Å²) >= 11 is 0. The van der Waals surface area contributed by atoms with Gasteiger partial charge in [0, 0.05) is 45.6 Å². The van der Waals surface area contributed by atoms with Crippen LogP contribution in [0.2, 0.25) is 0 Å². The zero-order valence-corrected chi connectivity index (χ0v) is 14.6. The van der Waals surface area contributed by atoms with Crippen molar-refractivity contribution >= 4 is 5.82 Å². The molecule has 3 atom stereocenters. The molecule has 1 aromatic heterocycles. The van der Waals surface area contributed by atoms with E-state index in [1.807, 2.05) is 0 Å². The van der Waals surface area contributed by atoms with Crippen molar-refractivity contribution in [3.8, 4) is 0 Å². The van der Waals surface area contributed by atoms with E-state index in [2.05, 4.69) is 4.98 Å². The number of piperidine rings is 2. The lowest BCUT2D eigenvalue weighted by Gasteiger charge is -2.43. The van der Waals surface area contributed by atoms with Crippen LogP contribution in [0.15, 0.2) is 18.2 Å². The normalized spacial score (nSPS) is 29.7. The maximum absolute atomic E-state index is 15.2. The van der Waals surface area contributed by atoms with Crippen LogP contribution in [0, 0.1) is 0 Å². The number of alkyl halides is 4. The highest BCUT2D eigenvalue weighted by atomic mass is 19.4. The van der Waals surface area contributed by atoms with E-state index in [4.69, 9.17) is 0 Å². The molecule has 2 aliphatic heterocycles. The third kappa shape index (κ3) is 4.68. The number of nitrogens with zero attached hydrogens (tertiary/aromatic N) is 3. The Balaban J connectivity index is 1.60. The second-order valence-corrected chi connectivity index (χ2v) is 7.34. The van der Waals surface area contributed by atoms with Gasteiger partial charge in [0.25, 0.3) is 0 Å². The maximum Gasteiger partial charge on any atom is 0.433 e. The quantitative estimate of drug-likeness (QED) is 0.660. The van der Waals surface area contributed by atoms with E-state index < -0.39 is 35.9 Å². The summed E-state index contributed by atoms with van der Waals surface area (Å²) in [7, 11) is 0. The molecule has 0 amide bonds. The van der Waals surface area contributed by atoms with Gasteiger partial charge in [-0.2, -0.15) is 13.2 Å². The molecule has 1 aromatic rings. The van der Waals surface area contributed by atoms with Gasteiger partial charge in [-0.15, -0.1) is 0 Å². The highest BCUT2D eigenvalue weighted by Crippen LogP contribution is 2.33. The largest absolute Gasteiger partial charge is 0.433 e. The summed E-state index contributed by atoms with van der Waals surface area (Å²) in [5, 5.41) is 29.0. The topological polar surface area (TPSA) is 80.1 Å². The minimum absolute atomic E-state index is 0.0162. The number of pyridine rings is 1.